The molecule has 0 aliphatic rings. The molecule has 2 aromatic carbocycles. The number of para-hydroxylation sites is 1. The molecule has 28 heavy (non-hydrogen) atoms. The third-order valence-corrected chi connectivity index (χ3v) is 3.98. The van der Waals surface area contributed by atoms with Crippen LogP contribution in [0.5, 0.6) is 0 Å². The van der Waals surface area contributed by atoms with Crippen molar-refractivity contribution in [3.8, 4) is 22.8 Å². The maximum atomic E-state index is 12.7. The van der Waals surface area contributed by atoms with E-state index in [1.54, 1.807) is 53.8 Å². The molecule has 5 nitrogen and oxygen atoms in total. The standard InChI is InChI=1S/C20H12F3N3O2/c21-20(22,23)19(27)26-18-16(13-7-2-1-3-8-13)25-17(28-18)15-11-10-12-6-4-5-9-14(12)24-15/h1-11H,(H,26,27). The van der Waals surface area contributed by atoms with Gasteiger partial charge in [-0.05, 0) is 12.1 Å². The van der Waals surface area contributed by atoms with Crippen LogP contribution >= 0.6 is 0 Å². The molecule has 2 aromatic heterocycles. The fraction of sp³-hybridized carbons (Fsp3) is 0.0500. The quantitative estimate of drug-likeness (QED) is 0.537. The molecule has 0 saturated heterocycles. The van der Waals surface area contributed by atoms with E-state index in [4.69, 9.17) is 4.42 Å². The summed E-state index contributed by atoms with van der Waals surface area (Å²) in [5.41, 5.74) is 1.60. The van der Waals surface area contributed by atoms with Gasteiger partial charge in [0.05, 0.1) is 5.52 Å². The number of benzene rings is 2. The van der Waals surface area contributed by atoms with E-state index in [0.717, 1.165) is 5.39 Å². The van der Waals surface area contributed by atoms with Crippen molar-refractivity contribution in [3.63, 3.8) is 0 Å². The Morgan fingerprint density at radius 2 is 1.61 bits per heavy atom. The van der Waals surface area contributed by atoms with Crippen LogP contribution in [0.1, 0.15) is 0 Å². The number of aromatic nitrogens is 2. The second-order valence-electron chi connectivity index (χ2n) is 5.90. The number of hydrogen-bond acceptors (Lipinski definition) is 4. The third-order valence-electron chi connectivity index (χ3n) is 3.98. The third kappa shape index (κ3) is 3.44. The second kappa shape index (κ2) is 6.80. The molecule has 0 saturated carbocycles. The normalized spacial score (nSPS) is 11.5. The fourth-order valence-corrected chi connectivity index (χ4v) is 2.67. The number of amides is 1. The van der Waals surface area contributed by atoms with E-state index in [9.17, 15) is 18.0 Å². The summed E-state index contributed by atoms with van der Waals surface area (Å²) >= 11 is 0. The number of anilines is 1. The zero-order chi connectivity index (χ0) is 19.7. The summed E-state index contributed by atoms with van der Waals surface area (Å²) in [5, 5.41) is 2.65. The van der Waals surface area contributed by atoms with Crippen molar-refractivity contribution < 1.29 is 22.4 Å². The van der Waals surface area contributed by atoms with Gasteiger partial charge in [-0.15, -0.1) is 0 Å². The van der Waals surface area contributed by atoms with Gasteiger partial charge in [-0.25, -0.2) is 9.97 Å². The molecule has 1 amide bonds. The minimum Gasteiger partial charge on any atom is -0.418 e. The van der Waals surface area contributed by atoms with Crippen molar-refractivity contribution in [2.45, 2.75) is 6.18 Å². The molecule has 0 radical (unpaired) electrons. The number of pyridine rings is 1. The Hall–Kier alpha value is -3.68. The lowest BCUT2D eigenvalue weighted by molar-refractivity contribution is -0.167. The van der Waals surface area contributed by atoms with Crippen LogP contribution in [0.25, 0.3) is 33.7 Å². The molecular formula is C20H12F3N3O2. The average Bonchev–Trinajstić information content (AvgIpc) is 3.11. The van der Waals surface area contributed by atoms with Gasteiger partial charge in [0.25, 0.3) is 0 Å². The monoisotopic (exact) mass is 383 g/mol. The Labute approximate surface area is 156 Å². The Morgan fingerprint density at radius 1 is 0.893 bits per heavy atom. The zero-order valence-corrected chi connectivity index (χ0v) is 14.2. The zero-order valence-electron chi connectivity index (χ0n) is 14.2. The number of oxazole rings is 1. The minimum atomic E-state index is -5.05. The molecular weight excluding hydrogens is 371 g/mol. The van der Waals surface area contributed by atoms with Crippen LogP contribution < -0.4 is 5.32 Å². The number of halogens is 3. The van der Waals surface area contributed by atoms with Crippen LogP contribution in [-0.2, 0) is 4.79 Å². The molecule has 0 bridgehead atoms. The van der Waals surface area contributed by atoms with Gasteiger partial charge in [-0.3, -0.25) is 10.1 Å². The minimum absolute atomic E-state index is 0.00193. The van der Waals surface area contributed by atoms with Gasteiger partial charge in [-0.2, -0.15) is 13.2 Å². The summed E-state index contributed by atoms with van der Waals surface area (Å²) in [6.07, 6.45) is -5.05. The first-order chi connectivity index (χ1) is 13.4. The second-order valence-corrected chi connectivity index (χ2v) is 5.90. The van der Waals surface area contributed by atoms with Crippen LogP contribution in [0.4, 0.5) is 19.1 Å². The molecule has 8 heteroatoms. The number of rotatable bonds is 3. The van der Waals surface area contributed by atoms with Gasteiger partial charge < -0.3 is 4.42 Å². The van der Waals surface area contributed by atoms with Crippen LogP contribution in [0, 0.1) is 0 Å². The molecule has 0 spiro atoms. The summed E-state index contributed by atoms with van der Waals surface area (Å²) in [7, 11) is 0. The van der Waals surface area contributed by atoms with Crippen molar-refractivity contribution in [3.05, 3.63) is 66.7 Å². The Bertz CT molecular complexity index is 1150. The lowest BCUT2D eigenvalue weighted by Crippen LogP contribution is -2.29. The number of carbonyl (C=O) groups excluding carboxylic acids is 1. The first-order valence-corrected chi connectivity index (χ1v) is 8.22. The van der Waals surface area contributed by atoms with E-state index in [1.165, 1.54) is 0 Å². The molecule has 0 aliphatic carbocycles. The molecule has 2 heterocycles. The van der Waals surface area contributed by atoms with Gasteiger partial charge in [-0.1, -0.05) is 54.6 Å². The predicted molar refractivity (Wildman–Crippen MR) is 97.4 cm³/mol. The van der Waals surface area contributed by atoms with Crippen LogP contribution in [0.2, 0.25) is 0 Å². The first-order valence-electron chi connectivity index (χ1n) is 8.22. The van der Waals surface area contributed by atoms with E-state index in [2.05, 4.69) is 9.97 Å². The summed E-state index contributed by atoms with van der Waals surface area (Å²) < 4.78 is 43.5. The predicted octanol–water partition coefficient (Wildman–Crippen LogP) is 5.06. The Kier molecular flexibility index (Phi) is 4.31. The Balaban J connectivity index is 1.81. The van der Waals surface area contributed by atoms with E-state index < -0.39 is 18.0 Å². The van der Waals surface area contributed by atoms with Crippen molar-refractivity contribution in [2.75, 3.05) is 5.32 Å². The van der Waals surface area contributed by atoms with E-state index in [0.29, 0.717) is 16.8 Å². The van der Waals surface area contributed by atoms with Crippen molar-refractivity contribution in [2.24, 2.45) is 0 Å². The molecule has 140 valence electrons. The summed E-state index contributed by atoms with van der Waals surface area (Å²) in [4.78, 5) is 20.1. The number of carbonyl (C=O) groups is 1. The Morgan fingerprint density at radius 3 is 2.36 bits per heavy atom. The lowest BCUT2D eigenvalue weighted by atomic mass is 10.1. The maximum absolute atomic E-state index is 12.7. The molecule has 0 unspecified atom stereocenters. The van der Waals surface area contributed by atoms with E-state index >= 15 is 0 Å². The molecule has 0 atom stereocenters. The van der Waals surface area contributed by atoms with Crippen LogP contribution in [0.15, 0.2) is 71.1 Å². The van der Waals surface area contributed by atoms with Gasteiger partial charge in [0.1, 0.15) is 11.4 Å². The SMILES string of the molecule is O=C(Nc1oc(-c2ccc3ccccc3n2)nc1-c1ccccc1)C(F)(F)F. The summed E-state index contributed by atoms with van der Waals surface area (Å²) in [6, 6.07) is 19.3. The van der Waals surface area contributed by atoms with Gasteiger partial charge in [0.2, 0.25) is 11.8 Å². The summed E-state index contributed by atoms with van der Waals surface area (Å²) in [6.45, 7) is 0. The van der Waals surface area contributed by atoms with Crippen molar-refractivity contribution in [1.82, 2.24) is 9.97 Å². The first kappa shape index (κ1) is 17.7. The smallest absolute Gasteiger partial charge is 0.418 e. The van der Waals surface area contributed by atoms with Crippen molar-refractivity contribution >= 4 is 22.7 Å². The molecule has 0 aliphatic heterocycles. The van der Waals surface area contributed by atoms with Crippen LogP contribution in [-0.4, -0.2) is 22.1 Å². The highest BCUT2D eigenvalue weighted by molar-refractivity contribution is 5.96. The van der Waals surface area contributed by atoms with E-state index in [-0.39, 0.29) is 11.6 Å². The highest BCUT2D eigenvalue weighted by Crippen LogP contribution is 2.33. The largest absolute Gasteiger partial charge is 0.471 e. The van der Waals surface area contributed by atoms with Gasteiger partial charge >= 0.3 is 12.1 Å². The average molecular weight is 383 g/mol. The number of nitrogens with one attached hydrogen (secondary N) is 1. The van der Waals surface area contributed by atoms with Gasteiger partial charge in [0, 0.05) is 10.9 Å². The number of nitrogens with zero attached hydrogens (tertiary/aromatic N) is 2. The highest BCUT2D eigenvalue weighted by atomic mass is 19.4. The maximum Gasteiger partial charge on any atom is 0.471 e. The number of fused-ring (bicyclic) bond motifs is 1. The van der Waals surface area contributed by atoms with E-state index in [1.807, 2.05) is 18.2 Å². The van der Waals surface area contributed by atoms with Gasteiger partial charge in [0.15, 0.2) is 0 Å². The molecule has 4 rings (SSSR count). The molecule has 1 N–H and O–H groups in total. The number of hydrogen-bond donors (Lipinski definition) is 1. The highest BCUT2D eigenvalue weighted by Gasteiger charge is 2.40. The van der Waals surface area contributed by atoms with Crippen LogP contribution in [0.3, 0.4) is 0 Å². The summed E-state index contributed by atoms with van der Waals surface area (Å²) in [5.74, 6) is -2.53. The number of alkyl halides is 3. The topological polar surface area (TPSA) is 68.0 Å². The lowest BCUT2D eigenvalue weighted by Gasteiger charge is -2.06. The van der Waals surface area contributed by atoms with Crippen molar-refractivity contribution in [1.29, 1.82) is 0 Å². The molecule has 0 fully saturated rings. The fourth-order valence-electron chi connectivity index (χ4n) is 2.67. The molecule has 4 aromatic rings.